The Morgan fingerprint density at radius 2 is 2.16 bits per heavy atom. The number of rotatable bonds is 2. The highest BCUT2D eigenvalue weighted by molar-refractivity contribution is 5.29. The first-order chi connectivity index (χ1) is 9.24. The molecule has 0 aliphatic carbocycles. The van der Waals surface area contributed by atoms with E-state index in [0.717, 1.165) is 25.1 Å². The Morgan fingerprint density at radius 3 is 3.00 bits per heavy atom. The highest BCUT2D eigenvalue weighted by Gasteiger charge is 2.21. The van der Waals surface area contributed by atoms with E-state index >= 15 is 0 Å². The minimum absolute atomic E-state index is 0.157. The second-order valence-electron chi connectivity index (χ2n) is 5.15. The molecular formula is C17H17FN. The molecule has 1 radical (unpaired) electrons. The molecule has 97 valence electrons. The van der Waals surface area contributed by atoms with Crippen LogP contribution in [0.3, 0.4) is 0 Å². The van der Waals surface area contributed by atoms with Crippen molar-refractivity contribution in [2.75, 3.05) is 6.54 Å². The van der Waals surface area contributed by atoms with Gasteiger partial charge in [0.05, 0.1) is 0 Å². The Balaban J connectivity index is 1.81. The van der Waals surface area contributed by atoms with Gasteiger partial charge in [-0.1, -0.05) is 24.3 Å². The molecule has 0 amide bonds. The summed E-state index contributed by atoms with van der Waals surface area (Å²) in [7, 11) is 0. The van der Waals surface area contributed by atoms with E-state index in [9.17, 15) is 4.39 Å². The minimum Gasteiger partial charge on any atom is -0.292 e. The van der Waals surface area contributed by atoms with Gasteiger partial charge in [-0.05, 0) is 54.3 Å². The summed E-state index contributed by atoms with van der Waals surface area (Å²) in [6.07, 6.45) is 1.06. The maximum absolute atomic E-state index is 13.3. The Kier molecular flexibility index (Phi) is 3.34. The normalized spacial score (nSPS) is 16.9. The van der Waals surface area contributed by atoms with Crippen molar-refractivity contribution < 1.29 is 4.39 Å². The van der Waals surface area contributed by atoms with Crippen LogP contribution in [-0.4, -0.2) is 11.4 Å². The van der Waals surface area contributed by atoms with Gasteiger partial charge in [-0.15, -0.1) is 0 Å². The predicted molar refractivity (Wildman–Crippen MR) is 74.2 cm³/mol. The van der Waals surface area contributed by atoms with Crippen LogP contribution in [0.5, 0.6) is 0 Å². The molecule has 1 nitrogen and oxygen atoms in total. The molecule has 0 bridgehead atoms. The predicted octanol–water partition coefficient (Wildman–Crippen LogP) is 3.75. The van der Waals surface area contributed by atoms with Gasteiger partial charge in [-0.2, -0.15) is 0 Å². The van der Waals surface area contributed by atoms with Crippen LogP contribution in [-0.2, 0) is 13.0 Å². The third kappa shape index (κ3) is 2.54. The van der Waals surface area contributed by atoms with E-state index in [2.05, 4.69) is 30.0 Å². The summed E-state index contributed by atoms with van der Waals surface area (Å²) in [5.74, 6) is -0.157. The van der Waals surface area contributed by atoms with Crippen LogP contribution in [0.4, 0.5) is 4.39 Å². The van der Waals surface area contributed by atoms with Crippen molar-refractivity contribution in [3.8, 4) is 0 Å². The zero-order valence-corrected chi connectivity index (χ0v) is 11.1. The molecule has 2 aromatic carbocycles. The first-order valence-corrected chi connectivity index (χ1v) is 6.71. The van der Waals surface area contributed by atoms with Gasteiger partial charge in [0.2, 0.25) is 0 Å². The summed E-state index contributed by atoms with van der Waals surface area (Å²) >= 11 is 0. The fourth-order valence-corrected chi connectivity index (χ4v) is 2.76. The van der Waals surface area contributed by atoms with Gasteiger partial charge < -0.3 is 0 Å². The number of hydrogen-bond donors (Lipinski definition) is 0. The van der Waals surface area contributed by atoms with Gasteiger partial charge in [0, 0.05) is 19.1 Å². The van der Waals surface area contributed by atoms with Gasteiger partial charge in [0.1, 0.15) is 5.82 Å². The average Bonchev–Trinajstić information content (AvgIpc) is 2.46. The third-order valence-corrected chi connectivity index (χ3v) is 3.97. The van der Waals surface area contributed by atoms with Crippen LogP contribution < -0.4 is 0 Å². The second kappa shape index (κ2) is 5.14. The molecule has 1 heterocycles. The SMILES string of the molecule is CC(c1cccc(F)c1)N1CCc2cc[c]cc2C1. The molecular weight excluding hydrogens is 237 g/mol. The largest absolute Gasteiger partial charge is 0.292 e. The standard InChI is InChI=1S/C17H17FN/c1-13(15-7-4-8-17(18)11-15)19-10-9-14-5-2-3-6-16(14)12-19/h2,4-8,11,13H,9-10,12H2,1H3. The molecule has 1 unspecified atom stereocenters. The van der Waals surface area contributed by atoms with Gasteiger partial charge in [0.25, 0.3) is 0 Å². The zero-order valence-electron chi connectivity index (χ0n) is 11.1. The summed E-state index contributed by atoms with van der Waals surface area (Å²) in [6, 6.07) is 16.5. The molecule has 2 heteroatoms. The summed E-state index contributed by atoms with van der Waals surface area (Å²) in [5.41, 5.74) is 3.81. The summed E-state index contributed by atoms with van der Waals surface area (Å²) < 4.78 is 13.3. The van der Waals surface area contributed by atoms with Crippen molar-refractivity contribution in [1.82, 2.24) is 4.90 Å². The number of halogens is 1. The Bertz CT molecular complexity index is 579. The molecule has 0 fully saturated rings. The monoisotopic (exact) mass is 254 g/mol. The molecule has 19 heavy (non-hydrogen) atoms. The van der Waals surface area contributed by atoms with E-state index in [1.807, 2.05) is 12.1 Å². The molecule has 0 saturated carbocycles. The van der Waals surface area contributed by atoms with Crippen molar-refractivity contribution in [3.05, 3.63) is 71.0 Å². The maximum Gasteiger partial charge on any atom is 0.123 e. The van der Waals surface area contributed by atoms with Crippen LogP contribution in [0.1, 0.15) is 29.7 Å². The van der Waals surface area contributed by atoms with Crippen molar-refractivity contribution in [1.29, 1.82) is 0 Å². The lowest BCUT2D eigenvalue weighted by Crippen LogP contribution is -2.32. The van der Waals surface area contributed by atoms with Gasteiger partial charge in [0.15, 0.2) is 0 Å². The number of fused-ring (bicyclic) bond motifs is 1. The fraction of sp³-hybridized carbons (Fsp3) is 0.294. The molecule has 1 atom stereocenters. The molecule has 1 aliphatic rings. The molecule has 0 aromatic heterocycles. The van der Waals surface area contributed by atoms with Crippen molar-refractivity contribution in [2.45, 2.75) is 25.9 Å². The van der Waals surface area contributed by atoms with Crippen LogP contribution >= 0.6 is 0 Å². The topological polar surface area (TPSA) is 3.24 Å². The van der Waals surface area contributed by atoms with Crippen LogP contribution in [0.2, 0.25) is 0 Å². The molecule has 0 saturated heterocycles. The number of hydrogen-bond acceptors (Lipinski definition) is 1. The van der Waals surface area contributed by atoms with E-state index in [1.165, 1.54) is 17.2 Å². The molecule has 0 spiro atoms. The summed E-state index contributed by atoms with van der Waals surface area (Å²) in [4.78, 5) is 2.39. The smallest absolute Gasteiger partial charge is 0.123 e. The second-order valence-corrected chi connectivity index (χ2v) is 5.15. The van der Waals surface area contributed by atoms with Gasteiger partial charge in [-0.3, -0.25) is 4.90 Å². The van der Waals surface area contributed by atoms with Crippen molar-refractivity contribution >= 4 is 0 Å². The van der Waals surface area contributed by atoms with Crippen LogP contribution in [0, 0.1) is 11.9 Å². The maximum atomic E-state index is 13.3. The van der Waals surface area contributed by atoms with E-state index in [1.54, 1.807) is 12.1 Å². The Morgan fingerprint density at radius 1 is 1.26 bits per heavy atom. The van der Waals surface area contributed by atoms with E-state index in [4.69, 9.17) is 0 Å². The lowest BCUT2D eigenvalue weighted by molar-refractivity contribution is 0.192. The Hall–Kier alpha value is -1.67. The quantitative estimate of drug-likeness (QED) is 0.789. The molecule has 1 aliphatic heterocycles. The lowest BCUT2D eigenvalue weighted by Gasteiger charge is -2.34. The summed E-state index contributed by atoms with van der Waals surface area (Å²) in [5, 5.41) is 0. The van der Waals surface area contributed by atoms with Gasteiger partial charge in [-0.25, -0.2) is 4.39 Å². The first-order valence-electron chi connectivity index (χ1n) is 6.71. The molecule has 3 rings (SSSR count). The van der Waals surface area contributed by atoms with Crippen molar-refractivity contribution in [2.24, 2.45) is 0 Å². The first kappa shape index (κ1) is 12.4. The average molecular weight is 254 g/mol. The molecule has 0 N–H and O–H groups in total. The minimum atomic E-state index is -0.157. The summed E-state index contributed by atoms with van der Waals surface area (Å²) in [6.45, 7) is 4.09. The molecule has 2 aromatic rings. The zero-order chi connectivity index (χ0) is 13.2. The van der Waals surface area contributed by atoms with E-state index < -0.39 is 0 Å². The van der Waals surface area contributed by atoms with Crippen molar-refractivity contribution in [3.63, 3.8) is 0 Å². The van der Waals surface area contributed by atoms with E-state index in [-0.39, 0.29) is 11.9 Å². The van der Waals surface area contributed by atoms with Crippen LogP contribution in [0.25, 0.3) is 0 Å². The van der Waals surface area contributed by atoms with E-state index in [0.29, 0.717) is 0 Å². The fourth-order valence-electron chi connectivity index (χ4n) is 2.76. The third-order valence-electron chi connectivity index (χ3n) is 3.97. The highest BCUT2D eigenvalue weighted by atomic mass is 19.1. The lowest BCUT2D eigenvalue weighted by atomic mass is 9.97. The highest BCUT2D eigenvalue weighted by Crippen LogP contribution is 2.27. The number of benzene rings is 2. The van der Waals surface area contributed by atoms with Crippen LogP contribution in [0.15, 0.2) is 42.5 Å². The Labute approximate surface area is 113 Å². The van der Waals surface area contributed by atoms with Gasteiger partial charge >= 0.3 is 0 Å². The number of nitrogens with zero attached hydrogens (tertiary/aromatic N) is 1.